The minimum absolute atomic E-state index is 0.0824. The minimum Gasteiger partial charge on any atom is -0.358 e. The molecular formula is C14H21N3O2. The quantitative estimate of drug-likeness (QED) is 0.774. The van der Waals surface area contributed by atoms with Crippen LogP contribution < -0.4 is 10.6 Å². The molecule has 0 atom stereocenters. The molecule has 0 spiro atoms. The van der Waals surface area contributed by atoms with Crippen molar-refractivity contribution in [2.75, 3.05) is 32.0 Å². The molecule has 0 radical (unpaired) electrons. The van der Waals surface area contributed by atoms with Crippen molar-refractivity contribution in [1.82, 2.24) is 10.2 Å². The normalized spacial score (nSPS) is 10.3. The molecule has 0 aliphatic heterocycles. The summed E-state index contributed by atoms with van der Waals surface area (Å²) >= 11 is 0. The molecule has 5 nitrogen and oxygen atoms in total. The number of anilines is 1. The predicted molar refractivity (Wildman–Crippen MR) is 75.9 cm³/mol. The van der Waals surface area contributed by atoms with Gasteiger partial charge in [-0.1, -0.05) is 25.1 Å². The Hall–Kier alpha value is -1.88. The number of amides is 2. The second-order valence-corrected chi connectivity index (χ2v) is 4.30. The maximum atomic E-state index is 11.9. The van der Waals surface area contributed by atoms with Crippen molar-refractivity contribution in [3.05, 3.63) is 30.3 Å². The number of benzene rings is 1. The van der Waals surface area contributed by atoms with Gasteiger partial charge in [-0.15, -0.1) is 0 Å². The minimum atomic E-state index is -0.108. The van der Waals surface area contributed by atoms with Crippen LogP contribution in [0, 0.1) is 0 Å². The van der Waals surface area contributed by atoms with Gasteiger partial charge < -0.3 is 10.6 Å². The van der Waals surface area contributed by atoms with Crippen molar-refractivity contribution in [3.8, 4) is 0 Å². The Morgan fingerprint density at radius 3 is 2.32 bits per heavy atom. The summed E-state index contributed by atoms with van der Waals surface area (Å²) in [6, 6.07) is 9.29. The monoisotopic (exact) mass is 263 g/mol. The number of hydrogen-bond donors (Lipinski definition) is 2. The maximum Gasteiger partial charge on any atom is 0.238 e. The summed E-state index contributed by atoms with van der Waals surface area (Å²) in [6.07, 6.45) is 0.898. The molecule has 1 rings (SSSR count). The molecular weight excluding hydrogens is 242 g/mol. The first kappa shape index (κ1) is 15.2. The van der Waals surface area contributed by atoms with Gasteiger partial charge >= 0.3 is 0 Å². The van der Waals surface area contributed by atoms with E-state index >= 15 is 0 Å². The predicted octanol–water partition coefficient (Wildman–Crippen LogP) is 1.08. The lowest BCUT2D eigenvalue weighted by Crippen LogP contribution is -2.40. The Labute approximate surface area is 114 Å². The molecule has 0 aliphatic rings. The van der Waals surface area contributed by atoms with Gasteiger partial charge in [-0.2, -0.15) is 0 Å². The highest BCUT2D eigenvalue weighted by molar-refractivity contribution is 5.92. The number of hydrogen-bond acceptors (Lipinski definition) is 3. The highest BCUT2D eigenvalue weighted by Gasteiger charge is 2.13. The van der Waals surface area contributed by atoms with Crippen LogP contribution in [0.3, 0.4) is 0 Å². The molecule has 0 aromatic heterocycles. The molecule has 5 heteroatoms. The Morgan fingerprint density at radius 2 is 1.74 bits per heavy atom. The number of rotatable bonds is 7. The number of likely N-dealkylation sites (N-methyl/N-ethyl adjacent to an activating group) is 1. The van der Waals surface area contributed by atoms with Gasteiger partial charge in [0.15, 0.2) is 0 Å². The summed E-state index contributed by atoms with van der Waals surface area (Å²) in [4.78, 5) is 25.1. The molecule has 0 saturated heterocycles. The maximum absolute atomic E-state index is 11.9. The summed E-state index contributed by atoms with van der Waals surface area (Å²) in [5.74, 6) is -0.190. The fraction of sp³-hybridized carbons (Fsp3) is 0.429. The molecule has 0 saturated carbocycles. The van der Waals surface area contributed by atoms with Gasteiger partial charge in [0, 0.05) is 12.7 Å². The number of carbonyl (C=O) groups is 2. The van der Waals surface area contributed by atoms with E-state index in [1.165, 1.54) is 0 Å². The van der Waals surface area contributed by atoms with Crippen LogP contribution in [-0.4, -0.2) is 43.4 Å². The molecule has 2 amide bonds. The Morgan fingerprint density at radius 1 is 1.11 bits per heavy atom. The average Bonchev–Trinajstić information content (AvgIpc) is 2.39. The molecule has 19 heavy (non-hydrogen) atoms. The third kappa shape index (κ3) is 6.01. The third-order valence-corrected chi connectivity index (χ3v) is 2.61. The topological polar surface area (TPSA) is 61.4 Å². The lowest BCUT2D eigenvalue weighted by Gasteiger charge is -2.20. The van der Waals surface area contributed by atoms with E-state index in [-0.39, 0.29) is 24.9 Å². The smallest absolute Gasteiger partial charge is 0.238 e. The summed E-state index contributed by atoms with van der Waals surface area (Å²) in [5.41, 5.74) is 0.767. The van der Waals surface area contributed by atoms with Crippen LogP contribution in [0.15, 0.2) is 30.3 Å². The van der Waals surface area contributed by atoms with E-state index in [1.54, 1.807) is 7.05 Å². The summed E-state index contributed by atoms with van der Waals surface area (Å²) in [6.45, 7) is 3.20. The van der Waals surface area contributed by atoms with Gasteiger partial charge in [-0.25, -0.2) is 0 Å². The number of carbonyl (C=O) groups excluding carboxylic acids is 2. The standard InChI is InChI=1S/C14H21N3O2/c1-3-9-17(10-13(18)15-2)11-14(19)16-12-7-5-4-6-8-12/h4-8H,3,9-11H2,1-2H3,(H,15,18)(H,16,19). The van der Waals surface area contributed by atoms with E-state index in [0.717, 1.165) is 18.7 Å². The molecule has 104 valence electrons. The van der Waals surface area contributed by atoms with Crippen molar-refractivity contribution in [3.63, 3.8) is 0 Å². The van der Waals surface area contributed by atoms with Crippen LogP contribution in [0.25, 0.3) is 0 Å². The average molecular weight is 263 g/mol. The van der Waals surface area contributed by atoms with Crippen molar-refractivity contribution >= 4 is 17.5 Å². The molecule has 0 aliphatic carbocycles. The fourth-order valence-corrected chi connectivity index (χ4v) is 1.74. The molecule has 2 N–H and O–H groups in total. The Kier molecular flexibility index (Phi) is 6.60. The molecule has 1 aromatic carbocycles. The van der Waals surface area contributed by atoms with E-state index in [0.29, 0.717) is 0 Å². The zero-order valence-corrected chi connectivity index (χ0v) is 11.5. The van der Waals surface area contributed by atoms with E-state index in [1.807, 2.05) is 42.2 Å². The highest BCUT2D eigenvalue weighted by atomic mass is 16.2. The summed E-state index contributed by atoms with van der Waals surface area (Å²) in [5, 5.41) is 5.37. The van der Waals surface area contributed by atoms with E-state index in [2.05, 4.69) is 10.6 Å². The first-order valence-electron chi connectivity index (χ1n) is 6.43. The van der Waals surface area contributed by atoms with Gasteiger partial charge in [-0.05, 0) is 25.1 Å². The fourth-order valence-electron chi connectivity index (χ4n) is 1.74. The van der Waals surface area contributed by atoms with Crippen molar-refractivity contribution in [2.45, 2.75) is 13.3 Å². The van der Waals surface area contributed by atoms with Crippen molar-refractivity contribution in [1.29, 1.82) is 0 Å². The van der Waals surface area contributed by atoms with Crippen LogP contribution in [-0.2, 0) is 9.59 Å². The number of nitrogens with one attached hydrogen (secondary N) is 2. The third-order valence-electron chi connectivity index (χ3n) is 2.61. The molecule has 0 bridgehead atoms. The molecule has 0 unspecified atom stereocenters. The zero-order valence-electron chi connectivity index (χ0n) is 11.5. The summed E-state index contributed by atoms with van der Waals surface area (Å²) < 4.78 is 0. The number of para-hydroxylation sites is 1. The van der Waals surface area contributed by atoms with Crippen LogP contribution in [0.4, 0.5) is 5.69 Å². The van der Waals surface area contributed by atoms with Gasteiger partial charge in [0.1, 0.15) is 0 Å². The lowest BCUT2D eigenvalue weighted by molar-refractivity contribution is -0.123. The van der Waals surface area contributed by atoms with Gasteiger partial charge in [-0.3, -0.25) is 14.5 Å². The van der Waals surface area contributed by atoms with E-state index in [9.17, 15) is 9.59 Å². The summed E-state index contributed by atoms with van der Waals surface area (Å²) in [7, 11) is 1.59. The van der Waals surface area contributed by atoms with Crippen LogP contribution in [0.1, 0.15) is 13.3 Å². The van der Waals surface area contributed by atoms with Gasteiger partial charge in [0.25, 0.3) is 0 Å². The SMILES string of the molecule is CCCN(CC(=O)NC)CC(=O)Nc1ccccc1. The highest BCUT2D eigenvalue weighted by Crippen LogP contribution is 2.05. The van der Waals surface area contributed by atoms with Crippen LogP contribution in [0.2, 0.25) is 0 Å². The molecule has 0 fully saturated rings. The van der Waals surface area contributed by atoms with E-state index < -0.39 is 0 Å². The van der Waals surface area contributed by atoms with Crippen LogP contribution >= 0.6 is 0 Å². The van der Waals surface area contributed by atoms with E-state index in [4.69, 9.17) is 0 Å². The second-order valence-electron chi connectivity index (χ2n) is 4.30. The second kappa shape index (κ2) is 8.26. The van der Waals surface area contributed by atoms with Gasteiger partial charge in [0.05, 0.1) is 13.1 Å². The Bertz CT molecular complexity index is 406. The first-order chi connectivity index (χ1) is 9.15. The van der Waals surface area contributed by atoms with Gasteiger partial charge in [0.2, 0.25) is 11.8 Å². The molecule has 0 heterocycles. The number of nitrogens with zero attached hydrogens (tertiary/aromatic N) is 1. The Balaban J connectivity index is 2.49. The van der Waals surface area contributed by atoms with Crippen molar-refractivity contribution in [2.24, 2.45) is 0 Å². The van der Waals surface area contributed by atoms with Crippen molar-refractivity contribution < 1.29 is 9.59 Å². The van der Waals surface area contributed by atoms with Crippen LogP contribution in [0.5, 0.6) is 0 Å². The first-order valence-corrected chi connectivity index (χ1v) is 6.43. The largest absolute Gasteiger partial charge is 0.358 e. The molecule has 1 aromatic rings. The lowest BCUT2D eigenvalue weighted by atomic mass is 10.3. The zero-order chi connectivity index (χ0) is 14.1.